The van der Waals surface area contributed by atoms with Gasteiger partial charge in [0.05, 0.1) is 0 Å². The van der Waals surface area contributed by atoms with Crippen LogP contribution in [0.4, 0.5) is 17.6 Å². The summed E-state index contributed by atoms with van der Waals surface area (Å²) in [7, 11) is 0. The minimum atomic E-state index is -2.88. The molecular weight excluding hydrogens is 352 g/mol. The number of alkyl halides is 3. The fourth-order valence-corrected chi connectivity index (χ4v) is 2.53. The molecule has 0 amide bonds. The lowest BCUT2D eigenvalue weighted by Crippen LogP contribution is -2.03. The molecular formula is C15H11BrF4O. The minimum absolute atomic E-state index is 0.0467. The van der Waals surface area contributed by atoms with Crippen LogP contribution in [0.3, 0.4) is 0 Å². The average Bonchev–Trinajstić information content (AvgIpc) is 2.44. The van der Waals surface area contributed by atoms with Gasteiger partial charge in [0.2, 0.25) is 0 Å². The Hall–Kier alpha value is -1.56. The minimum Gasteiger partial charge on any atom is -0.435 e. The van der Waals surface area contributed by atoms with E-state index in [0.29, 0.717) is 0 Å². The van der Waals surface area contributed by atoms with Crippen LogP contribution in [-0.4, -0.2) is 6.61 Å². The Morgan fingerprint density at radius 2 is 1.67 bits per heavy atom. The average molecular weight is 363 g/mol. The number of halogens is 5. The second kappa shape index (κ2) is 6.93. The van der Waals surface area contributed by atoms with Crippen LogP contribution in [0.5, 0.6) is 5.75 Å². The molecule has 0 aliphatic rings. The third-order valence-electron chi connectivity index (χ3n) is 2.90. The fraction of sp³-hybridized carbons (Fsp3) is 0.200. The van der Waals surface area contributed by atoms with Crippen LogP contribution < -0.4 is 4.74 Å². The fourth-order valence-electron chi connectivity index (χ4n) is 1.88. The van der Waals surface area contributed by atoms with Gasteiger partial charge in [-0.2, -0.15) is 8.78 Å². The van der Waals surface area contributed by atoms with Crippen molar-refractivity contribution < 1.29 is 22.3 Å². The highest BCUT2D eigenvalue weighted by molar-refractivity contribution is 9.09. The number of rotatable bonds is 5. The lowest BCUT2D eigenvalue weighted by molar-refractivity contribution is -0.0498. The van der Waals surface area contributed by atoms with E-state index in [-0.39, 0.29) is 22.6 Å². The summed E-state index contributed by atoms with van der Waals surface area (Å²) in [6, 6.07) is 9.98. The van der Waals surface area contributed by atoms with E-state index in [1.165, 1.54) is 24.3 Å². The van der Waals surface area contributed by atoms with E-state index in [1.54, 1.807) is 12.1 Å². The molecule has 2 aromatic rings. The molecule has 0 spiro atoms. The number of hydrogen-bond donors (Lipinski definition) is 0. The molecule has 0 heterocycles. The summed E-state index contributed by atoms with van der Waals surface area (Å²) in [6.07, 6.45) is 0.235. The molecule has 0 aliphatic carbocycles. The first-order valence-corrected chi connectivity index (χ1v) is 7.00. The zero-order valence-electron chi connectivity index (χ0n) is 10.7. The standard InChI is InChI=1S/C15H11BrF4O/c16-12(8-10-2-1-3-13(17)14(10)18)9-4-6-11(7-5-9)21-15(19)20/h1-7,12,15H,8H2. The zero-order chi connectivity index (χ0) is 15.4. The van der Waals surface area contributed by atoms with Crippen LogP contribution in [0.15, 0.2) is 42.5 Å². The van der Waals surface area contributed by atoms with Crippen molar-refractivity contribution >= 4 is 15.9 Å². The summed E-state index contributed by atoms with van der Waals surface area (Å²) in [5.41, 5.74) is 0.991. The third kappa shape index (κ3) is 4.20. The predicted molar refractivity (Wildman–Crippen MR) is 74.8 cm³/mol. The van der Waals surface area contributed by atoms with Crippen molar-refractivity contribution in [2.45, 2.75) is 17.9 Å². The van der Waals surface area contributed by atoms with E-state index in [1.807, 2.05) is 0 Å². The third-order valence-corrected chi connectivity index (χ3v) is 3.75. The Morgan fingerprint density at radius 3 is 2.29 bits per heavy atom. The van der Waals surface area contributed by atoms with Gasteiger partial charge in [-0.25, -0.2) is 8.78 Å². The van der Waals surface area contributed by atoms with Crippen molar-refractivity contribution in [1.29, 1.82) is 0 Å². The van der Waals surface area contributed by atoms with E-state index in [4.69, 9.17) is 0 Å². The van der Waals surface area contributed by atoms with Crippen molar-refractivity contribution in [2.75, 3.05) is 0 Å². The first-order chi connectivity index (χ1) is 9.97. The molecule has 0 aromatic heterocycles. The van der Waals surface area contributed by atoms with Gasteiger partial charge in [0.1, 0.15) is 5.75 Å². The first kappa shape index (κ1) is 15.8. The van der Waals surface area contributed by atoms with Crippen molar-refractivity contribution in [1.82, 2.24) is 0 Å². The molecule has 2 aromatic carbocycles. The van der Waals surface area contributed by atoms with Crippen LogP contribution in [0.2, 0.25) is 0 Å². The van der Waals surface area contributed by atoms with E-state index < -0.39 is 18.2 Å². The number of hydrogen-bond acceptors (Lipinski definition) is 1. The summed E-state index contributed by atoms with van der Waals surface area (Å²) in [5, 5.41) is 0. The predicted octanol–water partition coefficient (Wildman–Crippen LogP) is 5.24. The Kier molecular flexibility index (Phi) is 5.22. The second-order valence-corrected chi connectivity index (χ2v) is 5.44. The Morgan fingerprint density at radius 1 is 1.00 bits per heavy atom. The molecule has 0 saturated carbocycles. The maximum absolute atomic E-state index is 13.6. The normalized spacial score (nSPS) is 12.5. The highest BCUT2D eigenvalue weighted by Gasteiger charge is 2.14. The monoisotopic (exact) mass is 362 g/mol. The quantitative estimate of drug-likeness (QED) is 0.521. The Balaban J connectivity index is 2.09. The van der Waals surface area contributed by atoms with Crippen molar-refractivity contribution in [2.24, 2.45) is 0 Å². The summed E-state index contributed by atoms with van der Waals surface area (Å²) < 4.78 is 55.0. The van der Waals surface area contributed by atoms with E-state index in [0.717, 1.165) is 11.6 Å². The van der Waals surface area contributed by atoms with Gasteiger partial charge in [-0.15, -0.1) is 0 Å². The molecule has 2 rings (SSSR count). The van der Waals surface area contributed by atoms with Gasteiger partial charge >= 0.3 is 6.61 Å². The molecule has 1 nitrogen and oxygen atoms in total. The Labute approximate surface area is 127 Å². The van der Waals surface area contributed by atoms with Crippen LogP contribution in [0.25, 0.3) is 0 Å². The summed E-state index contributed by atoms with van der Waals surface area (Å²) in [6.45, 7) is -2.88. The van der Waals surface area contributed by atoms with Gasteiger partial charge < -0.3 is 4.74 Å². The van der Waals surface area contributed by atoms with Crippen molar-refractivity contribution in [3.8, 4) is 5.75 Å². The lowest BCUT2D eigenvalue weighted by atomic mass is 10.0. The van der Waals surface area contributed by atoms with Gasteiger partial charge in [0.25, 0.3) is 0 Å². The molecule has 0 aliphatic heterocycles. The van der Waals surface area contributed by atoms with Crippen LogP contribution >= 0.6 is 15.9 Å². The SMILES string of the molecule is Fc1cccc(CC(Br)c2ccc(OC(F)F)cc2)c1F. The van der Waals surface area contributed by atoms with Gasteiger partial charge in [-0.1, -0.05) is 40.2 Å². The van der Waals surface area contributed by atoms with Gasteiger partial charge in [-0.3, -0.25) is 0 Å². The molecule has 0 bridgehead atoms. The number of benzene rings is 2. The van der Waals surface area contributed by atoms with E-state index in [9.17, 15) is 17.6 Å². The molecule has 0 fully saturated rings. The number of ether oxygens (including phenoxy) is 1. The van der Waals surface area contributed by atoms with E-state index in [2.05, 4.69) is 20.7 Å². The van der Waals surface area contributed by atoms with Crippen LogP contribution in [-0.2, 0) is 6.42 Å². The molecule has 112 valence electrons. The van der Waals surface area contributed by atoms with Crippen LogP contribution in [0.1, 0.15) is 16.0 Å². The molecule has 21 heavy (non-hydrogen) atoms. The zero-order valence-corrected chi connectivity index (χ0v) is 12.3. The van der Waals surface area contributed by atoms with Gasteiger partial charge in [0, 0.05) is 4.83 Å². The summed E-state index contributed by atoms with van der Waals surface area (Å²) in [4.78, 5) is -0.269. The summed E-state index contributed by atoms with van der Waals surface area (Å²) in [5.74, 6) is -1.72. The second-order valence-electron chi connectivity index (χ2n) is 4.33. The van der Waals surface area contributed by atoms with Crippen molar-refractivity contribution in [3.05, 3.63) is 65.2 Å². The largest absolute Gasteiger partial charge is 0.435 e. The maximum atomic E-state index is 13.6. The van der Waals surface area contributed by atoms with Gasteiger partial charge in [-0.05, 0) is 35.7 Å². The Bertz CT molecular complexity index is 601. The topological polar surface area (TPSA) is 9.23 Å². The molecule has 1 atom stereocenters. The molecule has 1 unspecified atom stereocenters. The van der Waals surface area contributed by atoms with Crippen LogP contribution in [0, 0.1) is 11.6 Å². The first-order valence-electron chi connectivity index (χ1n) is 6.09. The van der Waals surface area contributed by atoms with Gasteiger partial charge in [0.15, 0.2) is 11.6 Å². The molecule has 0 radical (unpaired) electrons. The molecule has 0 N–H and O–H groups in total. The highest BCUT2D eigenvalue weighted by Crippen LogP contribution is 2.30. The van der Waals surface area contributed by atoms with E-state index >= 15 is 0 Å². The molecule has 0 saturated heterocycles. The maximum Gasteiger partial charge on any atom is 0.387 e. The summed E-state index contributed by atoms with van der Waals surface area (Å²) >= 11 is 3.38. The highest BCUT2D eigenvalue weighted by atomic mass is 79.9. The lowest BCUT2D eigenvalue weighted by Gasteiger charge is -2.12. The molecule has 6 heteroatoms. The smallest absolute Gasteiger partial charge is 0.387 e. The van der Waals surface area contributed by atoms with Crippen molar-refractivity contribution in [3.63, 3.8) is 0 Å².